The standard InChI is InChI=1S/C10H9BrCl2N2OS/c1-2-15-8(6(11)4-14-15)9(16)5-3-7(12)17-10(5)13/h3-4,9,16H,2H2,1H3. The molecule has 7 heteroatoms. The van der Waals surface area contributed by atoms with Gasteiger partial charge in [-0.3, -0.25) is 4.68 Å². The van der Waals surface area contributed by atoms with Crippen molar-refractivity contribution in [3.8, 4) is 0 Å². The van der Waals surface area contributed by atoms with Crippen molar-refractivity contribution in [3.05, 3.63) is 36.7 Å². The van der Waals surface area contributed by atoms with Gasteiger partial charge in [0.15, 0.2) is 0 Å². The van der Waals surface area contributed by atoms with Gasteiger partial charge in [-0.05, 0) is 28.9 Å². The molecule has 0 radical (unpaired) electrons. The van der Waals surface area contributed by atoms with Crippen molar-refractivity contribution in [2.75, 3.05) is 0 Å². The second-order valence-electron chi connectivity index (χ2n) is 3.38. The number of thiophene rings is 1. The van der Waals surface area contributed by atoms with Gasteiger partial charge in [-0.2, -0.15) is 5.10 Å². The van der Waals surface area contributed by atoms with Crippen LogP contribution in [0.3, 0.4) is 0 Å². The fourth-order valence-electron chi connectivity index (χ4n) is 1.58. The highest BCUT2D eigenvalue weighted by atomic mass is 79.9. The van der Waals surface area contributed by atoms with E-state index in [2.05, 4.69) is 21.0 Å². The molecule has 0 aliphatic carbocycles. The highest BCUT2D eigenvalue weighted by molar-refractivity contribution is 9.10. The van der Waals surface area contributed by atoms with Crippen molar-refractivity contribution in [3.63, 3.8) is 0 Å². The van der Waals surface area contributed by atoms with Crippen LogP contribution in [0.4, 0.5) is 0 Å². The summed E-state index contributed by atoms with van der Waals surface area (Å²) in [4.78, 5) is 0. The molecular weight excluding hydrogens is 347 g/mol. The van der Waals surface area contributed by atoms with Gasteiger partial charge in [0, 0.05) is 12.1 Å². The van der Waals surface area contributed by atoms with Crippen LogP contribution >= 0.6 is 50.5 Å². The molecule has 0 saturated heterocycles. The molecule has 1 atom stereocenters. The minimum atomic E-state index is -0.830. The lowest BCUT2D eigenvalue weighted by Gasteiger charge is -2.12. The average molecular weight is 356 g/mol. The van der Waals surface area contributed by atoms with Crippen LogP contribution in [0.1, 0.15) is 24.3 Å². The molecule has 0 aliphatic rings. The van der Waals surface area contributed by atoms with Crippen molar-refractivity contribution >= 4 is 50.5 Å². The third-order valence-electron chi connectivity index (χ3n) is 2.37. The highest BCUT2D eigenvalue weighted by Gasteiger charge is 2.22. The molecular formula is C10H9BrCl2N2OS. The molecule has 1 N–H and O–H groups in total. The Bertz CT molecular complexity index is 540. The van der Waals surface area contributed by atoms with Crippen LogP contribution in [0.15, 0.2) is 16.7 Å². The van der Waals surface area contributed by atoms with Crippen LogP contribution in [-0.4, -0.2) is 14.9 Å². The normalized spacial score (nSPS) is 13.0. The maximum absolute atomic E-state index is 10.3. The van der Waals surface area contributed by atoms with Crippen molar-refractivity contribution in [1.29, 1.82) is 0 Å². The fraction of sp³-hybridized carbons (Fsp3) is 0.300. The second kappa shape index (κ2) is 5.28. The van der Waals surface area contributed by atoms with Crippen molar-refractivity contribution < 1.29 is 5.11 Å². The number of aliphatic hydroxyl groups is 1. The van der Waals surface area contributed by atoms with Crippen LogP contribution in [-0.2, 0) is 6.54 Å². The fourth-order valence-corrected chi connectivity index (χ4v) is 3.62. The van der Waals surface area contributed by atoms with Gasteiger partial charge in [-0.1, -0.05) is 23.2 Å². The molecule has 0 aliphatic heterocycles. The minimum Gasteiger partial charge on any atom is -0.382 e. The molecule has 1 unspecified atom stereocenters. The zero-order valence-electron chi connectivity index (χ0n) is 8.82. The third kappa shape index (κ3) is 2.53. The Morgan fingerprint density at radius 3 is 2.82 bits per heavy atom. The van der Waals surface area contributed by atoms with Gasteiger partial charge < -0.3 is 5.11 Å². The predicted octanol–water partition coefficient (Wildman–Crippen LogP) is 4.12. The van der Waals surface area contributed by atoms with Gasteiger partial charge in [-0.15, -0.1) is 11.3 Å². The van der Waals surface area contributed by atoms with E-state index in [1.54, 1.807) is 16.9 Å². The number of aryl methyl sites for hydroxylation is 1. The lowest BCUT2D eigenvalue weighted by Crippen LogP contribution is -2.09. The summed E-state index contributed by atoms with van der Waals surface area (Å²) in [5, 5.41) is 14.5. The summed E-state index contributed by atoms with van der Waals surface area (Å²) in [6.45, 7) is 2.63. The summed E-state index contributed by atoms with van der Waals surface area (Å²) in [7, 11) is 0. The number of hydrogen-bond acceptors (Lipinski definition) is 3. The zero-order chi connectivity index (χ0) is 12.6. The first-order valence-corrected chi connectivity index (χ1v) is 7.25. The molecule has 0 amide bonds. The molecule has 0 bridgehead atoms. The van der Waals surface area contributed by atoms with E-state index in [4.69, 9.17) is 23.2 Å². The summed E-state index contributed by atoms with van der Waals surface area (Å²) < 4.78 is 3.53. The van der Waals surface area contributed by atoms with Crippen LogP contribution in [0, 0.1) is 0 Å². The smallest absolute Gasteiger partial charge is 0.124 e. The number of hydrogen-bond donors (Lipinski definition) is 1. The van der Waals surface area contributed by atoms with E-state index in [-0.39, 0.29) is 0 Å². The SMILES string of the molecule is CCn1ncc(Br)c1C(O)c1cc(Cl)sc1Cl. The quantitative estimate of drug-likeness (QED) is 0.899. The molecule has 2 heterocycles. The molecule has 2 aromatic heterocycles. The van der Waals surface area contributed by atoms with Gasteiger partial charge in [0.25, 0.3) is 0 Å². The van der Waals surface area contributed by atoms with Crippen LogP contribution in [0.25, 0.3) is 0 Å². The first-order valence-electron chi connectivity index (χ1n) is 4.88. The third-order valence-corrected chi connectivity index (χ3v) is 4.50. The Labute approximate surface area is 121 Å². The zero-order valence-corrected chi connectivity index (χ0v) is 12.7. The van der Waals surface area contributed by atoms with Crippen molar-refractivity contribution in [1.82, 2.24) is 9.78 Å². The van der Waals surface area contributed by atoms with Crippen molar-refractivity contribution in [2.24, 2.45) is 0 Å². The maximum atomic E-state index is 10.3. The van der Waals surface area contributed by atoms with E-state index >= 15 is 0 Å². The predicted molar refractivity (Wildman–Crippen MR) is 74.0 cm³/mol. The van der Waals surface area contributed by atoms with Crippen LogP contribution < -0.4 is 0 Å². The number of aliphatic hydroxyl groups excluding tert-OH is 1. The minimum absolute atomic E-state index is 0.498. The first-order chi connectivity index (χ1) is 8.04. The summed E-state index contributed by atoms with van der Waals surface area (Å²) >= 11 is 16.5. The van der Waals surface area contributed by atoms with E-state index < -0.39 is 6.10 Å². The Morgan fingerprint density at radius 2 is 2.29 bits per heavy atom. The monoisotopic (exact) mass is 354 g/mol. The Morgan fingerprint density at radius 1 is 1.59 bits per heavy atom. The van der Waals surface area contributed by atoms with Crippen molar-refractivity contribution in [2.45, 2.75) is 19.6 Å². The van der Waals surface area contributed by atoms with Gasteiger partial charge in [0.1, 0.15) is 10.4 Å². The van der Waals surface area contributed by atoms with E-state index in [0.29, 0.717) is 26.5 Å². The average Bonchev–Trinajstić information content (AvgIpc) is 2.80. The second-order valence-corrected chi connectivity index (χ2v) is 6.52. The summed E-state index contributed by atoms with van der Waals surface area (Å²) in [5.74, 6) is 0. The van der Waals surface area contributed by atoms with E-state index in [0.717, 1.165) is 4.47 Å². The number of rotatable bonds is 3. The molecule has 2 aromatic rings. The molecule has 17 heavy (non-hydrogen) atoms. The van der Waals surface area contributed by atoms with Crippen LogP contribution in [0.2, 0.25) is 8.67 Å². The largest absolute Gasteiger partial charge is 0.382 e. The van der Waals surface area contributed by atoms with Gasteiger partial charge in [0.05, 0.1) is 20.7 Å². The lowest BCUT2D eigenvalue weighted by molar-refractivity contribution is 0.208. The topological polar surface area (TPSA) is 38.0 Å². The Kier molecular flexibility index (Phi) is 4.15. The van der Waals surface area contributed by atoms with Gasteiger partial charge >= 0.3 is 0 Å². The maximum Gasteiger partial charge on any atom is 0.124 e. The van der Waals surface area contributed by atoms with Gasteiger partial charge in [0.2, 0.25) is 0 Å². The van der Waals surface area contributed by atoms with Crippen LogP contribution in [0.5, 0.6) is 0 Å². The summed E-state index contributed by atoms with van der Waals surface area (Å²) in [5.41, 5.74) is 1.29. The highest BCUT2D eigenvalue weighted by Crippen LogP contribution is 2.39. The number of nitrogens with zero attached hydrogens (tertiary/aromatic N) is 2. The summed E-state index contributed by atoms with van der Waals surface area (Å²) in [6, 6.07) is 1.68. The summed E-state index contributed by atoms with van der Waals surface area (Å²) in [6.07, 6.45) is 0.826. The molecule has 0 aromatic carbocycles. The Balaban J connectivity index is 2.46. The number of aromatic nitrogens is 2. The van der Waals surface area contributed by atoms with E-state index in [1.165, 1.54) is 11.3 Å². The Hall–Kier alpha value is -0.0700. The lowest BCUT2D eigenvalue weighted by atomic mass is 10.1. The molecule has 2 rings (SSSR count). The molecule has 0 fully saturated rings. The van der Waals surface area contributed by atoms with Gasteiger partial charge in [-0.25, -0.2) is 0 Å². The number of halogens is 3. The van der Waals surface area contributed by atoms with E-state index in [1.807, 2.05) is 6.92 Å². The van der Waals surface area contributed by atoms with E-state index in [9.17, 15) is 5.11 Å². The molecule has 0 spiro atoms. The molecule has 0 saturated carbocycles. The molecule has 92 valence electrons. The first kappa shape index (κ1) is 13.4. The molecule has 3 nitrogen and oxygen atoms in total.